The van der Waals surface area contributed by atoms with Gasteiger partial charge in [-0.15, -0.1) is 0 Å². The molecule has 1 atom stereocenters. The fourth-order valence-corrected chi connectivity index (χ4v) is 4.78. The van der Waals surface area contributed by atoms with Crippen molar-refractivity contribution < 1.29 is 14.4 Å². The molecule has 0 bridgehead atoms. The van der Waals surface area contributed by atoms with E-state index < -0.39 is 6.04 Å². The lowest BCUT2D eigenvalue weighted by Crippen LogP contribution is -2.50. The second-order valence-corrected chi connectivity index (χ2v) is 8.95. The molecule has 178 valence electrons. The first-order chi connectivity index (χ1) is 16.5. The molecule has 2 aliphatic rings. The quantitative estimate of drug-likeness (QED) is 0.631. The molecule has 2 amide bonds. The van der Waals surface area contributed by atoms with Crippen LogP contribution in [0.2, 0.25) is 0 Å². The van der Waals surface area contributed by atoms with Gasteiger partial charge in [0.15, 0.2) is 5.78 Å². The molecule has 0 saturated carbocycles. The SMILES string of the molecule is CCCN(C(=O)C1=NN(c2ccccc2)C(C(C)=O)C1)C1CCN(C(=O)c2ccccc2)CC1. The number of anilines is 1. The van der Waals surface area contributed by atoms with E-state index in [1.165, 1.54) is 0 Å². The van der Waals surface area contributed by atoms with E-state index in [4.69, 9.17) is 0 Å². The van der Waals surface area contributed by atoms with Gasteiger partial charge in [-0.25, -0.2) is 0 Å². The number of carbonyl (C=O) groups is 3. The van der Waals surface area contributed by atoms with Crippen LogP contribution in [-0.2, 0) is 9.59 Å². The number of carbonyl (C=O) groups excluding carboxylic acids is 3. The van der Waals surface area contributed by atoms with Gasteiger partial charge in [0.05, 0.1) is 5.69 Å². The number of ketones is 1. The number of piperidine rings is 1. The zero-order valence-corrected chi connectivity index (χ0v) is 19.9. The Morgan fingerprint density at radius 1 is 0.971 bits per heavy atom. The molecule has 0 aromatic heterocycles. The highest BCUT2D eigenvalue weighted by atomic mass is 16.2. The molecule has 2 aliphatic heterocycles. The molecule has 2 heterocycles. The molecule has 1 unspecified atom stereocenters. The van der Waals surface area contributed by atoms with Gasteiger partial charge in [0, 0.05) is 37.7 Å². The van der Waals surface area contributed by atoms with Gasteiger partial charge < -0.3 is 9.80 Å². The summed E-state index contributed by atoms with van der Waals surface area (Å²) in [5.41, 5.74) is 1.93. The maximum Gasteiger partial charge on any atom is 0.270 e. The minimum absolute atomic E-state index is 0.00910. The predicted octanol–water partition coefficient (Wildman–Crippen LogP) is 3.75. The summed E-state index contributed by atoms with van der Waals surface area (Å²) in [6.07, 6.45) is 2.61. The van der Waals surface area contributed by atoms with Crippen LogP contribution in [0.5, 0.6) is 0 Å². The molecule has 1 fully saturated rings. The summed E-state index contributed by atoms with van der Waals surface area (Å²) in [5.74, 6) is -0.0695. The van der Waals surface area contributed by atoms with E-state index in [2.05, 4.69) is 12.0 Å². The van der Waals surface area contributed by atoms with Crippen LogP contribution in [0.1, 0.15) is 49.9 Å². The molecule has 1 saturated heterocycles. The highest BCUT2D eigenvalue weighted by Gasteiger charge is 2.38. The van der Waals surface area contributed by atoms with Crippen molar-refractivity contribution in [2.45, 2.75) is 51.6 Å². The van der Waals surface area contributed by atoms with E-state index >= 15 is 0 Å². The fraction of sp³-hybridized carbons (Fsp3) is 0.407. The summed E-state index contributed by atoms with van der Waals surface area (Å²) >= 11 is 0. The molecular weight excluding hydrogens is 428 g/mol. The van der Waals surface area contributed by atoms with Crippen LogP contribution in [0, 0.1) is 0 Å². The minimum atomic E-state index is -0.463. The number of rotatable bonds is 7. The van der Waals surface area contributed by atoms with Crippen molar-refractivity contribution in [2.75, 3.05) is 24.6 Å². The molecule has 2 aromatic rings. The van der Waals surface area contributed by atoms with Crippen LogP contribution in [0.4, 0.5) is 5.69 Å². The third kappa shape index (κ3) is 5.03. The van der Waals surface area contributed by atoms with Crippen LogP contribution in [0.25, 0.3) is 0 Å². The first-order valence-electron chi connectivity index (χ1n) is 12.1. The zero-order chi connectivity index (χ0) is 24.1. The van der Waals surface area contributed by atoms with Gasteiger partial charge in [0.25, 0.3) is 11.8 Å². The predicted molar refractivity (Wildman–Crippen MR) is 133 cm³/mol. The van der Waals surface area contributed by atoms with Crippen LogP contribution in [-0.4, -0.2) is 64.8 Å². The lowest BCUT2D eigenvalue weighted by molar-refractivity contribution is -0.127. The normalized spacial score (nSPS) is 18.5. The van der Waals surface area contributed by atoms with Crippen molar-refractivity contribution in [3.63, 3.8) is 0 Å². The Hall–Kier alpha value is -3.48. The Morgan fingerprint density at radius 2 is 1.59 bits per heavy atom. The van der Waals surface area contributed by atoms with Crippen LogP contribution in [0.3, 0.4) is 0 Å². The van der Waals surface area contributed by atoms with Crippen LogP contribution < -0.4 is 5.01 Å². The number of nitrogens with zero attached hydrogens (tertiary/aromatic N) is 4. The summed E-state index contributed by atoms with van der Waals surface area (Å²) in [6, 6.07) is 18.4. The summed E-state index contributed by atoms with van der Waals surface area (Å²) < 4.78 is 0. The Balaban J connectivity index is 1.46. The maximum atomic E-state index is 13.6. The summed E-state index contributed by atoms with van der Waals surface area (Å²) in [4.78, 5) is 42.5. The molecule has 0 spiro atoms. The molecule has 34 heavy (non-hydrogen) atoms. The number of para-hydroxylation sites is 1. The standard InChI is InChI=1S/C27H32N4O3/c1-3-16-30(22-14-17-29(18-15-22)26(33)21-10-6-4-7-11-21)27(34)24-19-25(20(2)32)31(28-24)23-12-8-5-9-13-23/h4-13,22,25H,3,14-19H2,1-2H3. The average Bonchev–Trinajstić information content (AvgIpc) is 3.34. The van der Waals surface area contributed by atoms with E-state index in [1.54, 1.807) is 11.9 Å². The third-order valence-corrected chi connectivity index (χ3v) is 6.59. The van der Waals surface area contributed by atoms with Gasteiger partial charge in [-0.3, -0.25) is 19.4 Å². The van der Waals surface area contributed by atoms with Gasteiger partial charge in [-0.1, -0.05) is 43.3 Å². The van der Waals surface area contributed by atoms with Gasteiger partial charge in [0.2, 0.25) is 0 Å². The minimum Gasteiger partial charge on any atom is -0.338 e. The number of benzene rings is 2. The molecule has 2 aromatic carbocycles. The lowest BCUT2D eigenvalue weighted by atomic mass is 10.00. The number of hydrogen-bond donors (Lipinski definition) is 0. The Bertz CT molecular complexity index is 1050. The third-order valence-electron chi connectivity index (χ3n) is 6.59. The second kappa shape index (κ2) is 10.6. The maximum absolute atomic E-state index is 13.6. The van der Waals surface area contributed by atoms with Gasteiger partial charge in [-0.05, 0) is 50.5 Å². The summed E-state index contributed by atoms with van der Waals surface area (Å²) in [7, 11) is 0. The van der Waals surface area contributed by atoms with Crippen molar-refractivity contribution in [1.82, 2.24) is 9.80 Å². The highest BCUT2D eigenvalue weighted by Crippen LogP contribution is 2.27. The number of likely N-dealkylation sites (tertiary alicyclic amines) is 1. The van der Waals surface area contributed by atoms with Crippen molar-refractivity contribution in [1.29, 1.82) is 0 Å². The fourth-order valence-electron chi connectivity index (χ4n) is 4.78. The molecule has 0 aliphatic carbocycles. The second-order valence-electron chi connectivity index (χ2n) is 8.95. The monoisotopic (exact) mass is 460 g/mol. The molecule has 0 radical (unpaired) electrons. The van der Waals surface area contributed by atoms with E-state index in [1.807, 2.05) is 70.5 Å². The number of amides is 2. The Morgan fingerprint density at radius 3 is 2.18 bits per heavy atom. The molecule has 4 rings (SSSR count). The topological polar surface area (TPSA) is 73.3 Å². The Labute approximate surface area is 201 Å². The summed E-state index contributed by atoms with van der Waals surface area (Å²) in [6.45, 7) is 5.46. The molecular formula is C27H32N4O3. The summed E-state index contributed by atoms with van der Waals surface area (Å²) in [5, 5.41) is 6.30. The van der Waals surface area contributed by atoms with Crippen LogP contribution in [0.15, 0.2) is 65.8 Å². The number of hydrogen-bond acceptors (Lipinski definition) is 5. The van der Waals surface area contributed by atoms with Crippen LogP contribution >= 0.6 is 0 Å². The molecule has 0 N–H and O–H groups in total. The number of Topliss-reactive ketones (excluding diaryl/α,β-unsaturated/α-hetero) is 1. The van der Waals surface area contributed by atoms with E-state index in [-0.39, 0.29) is 23.6 Å². The van der Waals surface area contributed by atoms with E-state index in [0.717, 1.165) is 24.9 Å². The average molecular weight is 461 g/mol. The van der Waals surface area contributed by atoms with Gasteiger partial charge >= 0.3 is 0 Å². The van der Waals surface area contributed by atoms with Crippen molar-refractivity contribution in [3.05, 3.63) is 66.2 Å². The smallest absolute Gasteiger partial charge is 0.270 e. The lowest BCUT2D eigenvalue weighted by Gasteiger charge is -2.38. The van der Waals surface area contributed by atoms with Crippen molar-refractivity contribution in [2.24, 2.45) is 5.10 Å². The molecule has 7 heteroatoms. The van der Waals surface area contributed by atoms with Gasteiger partial charge in [0.1, 0.15) is 11.8 Å². The first kappa shape index (κ1) is 23.7. The number of hydrazone groups is 1. The highest BCUT2D eigenvalue weighted by molar-refractivity contribution is 6.40. The van der Waals surface area contributed by atoms with Crippen molar-refractivity contribution in [3.8, 4) is 0 Å². The van der Waals surface area contributed by atoms with E-state index in [0.29, 0.717) is 37.3 Å². The largest absolute Gasteiger partial charge is 0.338 e. The van der Waals surface area contributed by atoms with Crippen molar-refractivity contribution >= 4 is 29.0 Å². The Kier molecular flexibility index (Phi) is 7.40. The zero-order valence-electron chi connectivity index (χ0n) is 19.9. The van der Waals surface area contributed by atoms with Gasteiger partial charge in [-0.2, -0.15) is 5.10 Å². The van der Waals surface area contributed by atoms with E-state index in [9.17, 15) is 14.4 Å². The molecule has 7 nitrogen and oxygen atoms in total. The first-order valence-corrected chi connectivity index (χ1v) is 12.1.